The van der Waals surface area contributed by atoms with Gasteiger partial charge in [-0.3, -0.25) is 4.79 Å². The molecule has 7 rings (SSSR count). The SMILES string of the molecule is CCc1c2c(n3ccccc13)C(=O)C(C(O)c1ncn(C(c3ccccc3)(c3ccccc3)c3ccccc3)c1C)CC2. The lowest BCUT2D eigenvalue weighted by molar-refractivity contribution is 0.0617. The van der Waals surface area contributed by atoms with Crippen LogP contribution in [0.25, 0.3) is 5.52 Å². The quantitative estimate of drug-likeness (QED) is 0.206. The number of imidazole rings is 1. The van der Waals surface area contributed by atoms with Crippen molar-refractivity contribution in [2.24, 2.45) is 5.92 Å². The molecule has 1 aliphatic carbocycles. The van der Waals surface area contributed by atoms with Crippen LogP contribution in [0.15, 0.2) is 122 Å². The minimum absolute atomic E-state index is 0.0101. The third-order valence-electron chi connectivity index (χ3n) is 9.33. The minimum Gasteiger partial charge on any atom is -0.386 e. The van der Waals surface area contributed by atoms with E-state index in [0.29, 0.717) is 17.8 Å². The van der Waals surface area contributed by atoms with Gasteiger partial charge in [0.2, 0.25) is 0 Å². The number of aliphatic hydroxyl groups is 1. The minimum atomic E-state index is -1.03. The molecule has 2 unspecified atom stereocenters. The summed E-state index contributed by atoms with van der Waals surface area (Å²) in [4.78, 5) is 19.0. The molecule has 1 aliphatic rings. The number of aliphatic hydroxyl groups excluding tert-OH is 1. The molecule has 0 fully saturated rings. The highest BCUT2D eigenvalue weighted by Gasteiger charge is 2.42. The molecule has 1 N–H and O–H groups in total. The maximum absolute atomic E-state index is 14.1. The van der Waals surface area contributed by atoms with Crippen LogP contribution in [0, 0.1) is 12.8 Å². The summed E-state index contributed by atoms with van der Waals surface area (Å²) in [5, 5.41) is 11.9. The van der Waals surface area contributed by atoms with Crippen molar-refractivity contribution in [1.29, 1.82) is 0 Å². The summed E-state index contributed by atoms with van der Waals surface area (Å²) in [6.45, 7) is 4.15. The summed E-state index contributed by atoms with van der Waals surface area (Å²) in [5.74, 6) is -0.582. The molecule has 43 heavy (non-hydrogen) atoms. The number of nitrogens with zero attached hydrogens (tertiary/aromatic N) is 3. The van der Waals surface area contributed by atoms with Gasteiger partial charge in [-0.05, 0) is 66.1 Å². The van der Waals surface area contributed by atoms with Crippen molar-refractivity contribution in [2.45, 2.75) is 44.8 Å². The van der Waals surface area contributed by atoms with E-state index in [9.17, 15) is 9.90 Å². The highest BCUT2D eigenvalue weighted by molar-refractivity contribution is 6.01. The molecular formula is C38H35N3O2. The van der Waals surface area contributed by atoms with Crippen LogP contribution >= 0.6 is 0 Å². The van der Waals surface area contributed by atoms with E-state index in [2.05, 4.69) is 90.4 Å². The highest BCUT2D eigenvalue weighted by atomic mass is 16.3. The fraction of sp³-hybridized carbons (Fsp3) is 0.211. The maximum atomic E-state index is 14.1. The van der Waals surface area contributed by atoms with Gasteiger partial charge in [0.1, 0.15) is 11.6 Å². The van der Waals surface area contributed by atoms with E-state index < -0.39 is 17.6 Å². The zero-order chi connectivity index (χ0) is 29.6. The molecule has 0 saturated carbocycles. The molecule has 2 atom stereocenters. The van der Waals surface area contributed by atoms with Gasteiger partial charge in [0.05, 0.1) is 23.6 Å². The number of ketones is 1. The van der Waals surface area contributed by atoms with Gasteiger partial charge in [-0.15, -0.1) is 0 Å². The van der Waals surface area contributed by atoms with Crippen molar-refractivity contribution in [3.63, 3.8) is 0 Å². The molecule has 0 radical (unpaired) electrons. The number of rotatable bonds is 7. The third-order valence-corrected chi connectivity index (χ3v) is 9.33. The molecule has 0 aliphatic heterocycles. The van der Waals surface area contributed by atoms with Gasteiger partial charge >= 0.3 is 0 Å². The molecule has 5 heteroatoms. The molecule has 0 saturated heterocycles. The molecule has 0 amide bonds. The topological polar surface area (TPSA) is 59.5 Å². The number of carbonyl (C=O) groups is 1. The van der Waals surface area contributed by atoms with Crippen molar-refractivity contribution in [2.75, 3.05) is 0 Å². The monoisotopic (exact) mass is 565 g/mol. The first-order chi connectivity index (χ1) is 21.1. The average Bonchev–Trinajstić information content (AvgIpc) is 3.61. The van der Waals surface area contributed by atoms with Crippen LogP contribution in [-0.4, -0.2) is 24.8 Å². The van der Waals surface area contributed by atoms with E-state index in [0.717, 1.165) is 46.3 Å². The largest absolute Gasteiger partial charge is 0.386 e. The van der Waals surface area contributed by atoms with E-state index in [1.807, 2.05) is 54.2 Å². The van der Waals surface area contributed by atoms with E-state index in [4.69, 9.17) is 4.98 Å². The number of pyridine rings is 1. The predicted octanol–water partition coefficient (Wildman–Crippen LogP) is 7.33. The van der Waals surface area contributed by atoms with Gasteiger partial charge in [0.15, 0.2) is 5.78 Å². The lowest BCUT2D eigenvalue weighted by Gasteiger charge is -2.38. The summed E-state index contributed by atoms with van der Waals surface area (Å²) in [6, 6.07) is 37.4. The second-order valence-electron chi connectivity index (χ2n) is 11.5. The molecule has 3 aromatic carbocycles. The van der Waals surface area contributed by atoms with Crippen molar-refractivity contribution >= 4 is 11.3 Å². The van der Waals surface area contributed by atoms with Crippen molar-refractivity contribution in [1.82, 2.24) is 14.0 Å². The molecule has 6 aromatic rings. The lowest BCUT2D eigenvalue weighted by atomic mass is 9.76. The van der Waals surface area contributed by atoms with Crippen LogP contribution in [-0.2, 0) is 18.4 Å². The Morgan fingerprint density at radius 2 is 1.42 bits per heavy atom. The maximum Gasteiger partial charge on any atom is 0.185 e. The van der Waals surface area contributed by atoms with Crippen LogP contribution in [0.4, 0.5) is 0 Å². The smallest absolute Gasteiger partial charge is 0.185 e. The van der Waals surface area contributed by atoms with Crippen LogP contribution in [0.3, 0.4) is 0 Å². The van der Waals surface area contributed by atoms with Crippen molar-refractivity contribution in [3.8, 4) is 0 Å². The first-order valence-electron chi connectivity index (χ1n) is 15.1. The fourth-order valence-corrected chi connectivity index (χ4v) is 7.36. The van der Waals surface area contributed by atoms with E-state index in [1.165, 1.54) is 5.56 Å². The number of hydrogen-bond acceptors (Lipinski definition) is 3. The predicted molar refractivity (Wildman–Crippen MR) is 169 cm³/mol. The molecule has 3 heterocycles. The van der Waals surface area contributed by atoms with Crippen molar-refractivity contribution < 1.29 is 9.90 Å². The molecule has 3 aromatic heterocycles. The summed E-state index contributed by atoms with van der Waals surface area (Å²) < 4.78 is 4.19. The highest BCUT2D eigenvalue weighted by Crippen LogP contribution is 2.44. The van der Waals surface area contributed by atoms with Crippen LogP contribution in [0.5, 0.6) is 0 Å². The van der Waals surface area contributed by atoms with Gasteiger partial charge in [-0.25, -0.2) is 4.98 Å². The molecular weight excluding hydrogens is 530 g/mol. The Morgan fingerprint density at radius 1 is 0.860 bits per heavy atom. The number of benzene rings is 3. The van der Waals surface area contributed by atoms with Gasteiger partial charge in [0, 0.05) is 17.4 Å². The first kappa shape index (κ1) is 27.1. The molecule has 0 spiro atoms. The fourth-order valence-electron chi connectivity index (χ4n) is 7.36. The summed E-state index contributed by atoms with van der Waals surface area (Å²) >= 11 is 0. The Bertz CT molecular complexity index is 1810. The van der Waals surface area contributed by atoms with E-state index >= 15 is 0 Å². The van der Waals surface area contributed by atoms with Gasteiger partial charge in [-0.1, -0.05) is 104 Å². The van der Waals surface area contributed by atoms with Gasteiger partial charge in [-0.2, -0.15) is 0 Å². The number of aryl methyl sites for hydroxylation is 1. The average molecular weight is 566 g/mol. The molecule has 5 nitrogen and oxygen atoms in total. The van der Waals surface area contributed by atoms with Gasteiger partial charge < -0.3 is 14.1 Å². The van der Waals surface area contributed by atoms with Gasteiger partial charge in [0.25, 0.3) is 0 Å². The summed E-state index contributed by atoms with van der Waals surface area (Å²) in [7, 11) is 0. The number of fused-ring (bicyclic) bond motifs is 3. The Morgan fingerprint density at radius 3 is 1.98 bits per heavy atom. The van der Waals surface area contributed by atoms with Crippen LogP contribution in [0.2, 0.25) is 0 Å². The Kier molecular flexibility index (Phi) is 6.83. The second kappa shape index (κ2) is 10.8. The van der Waals surface area contributed by atoms with Crippen LogP contribution in [0.1, 0.15) is 69.1 Å². The lowest BCUT2D eigenvalue weighted by Crippen LogP contribution is -2.38. The Balaban J connectivity index is 1.37. The van der Waals surface area contributed by atoms with E-state index in [1.54, 1.807) is 0 Å². The van der Waals surface area contributed by atoms with Crippen LogP contribution < -0.4 is 0 Å². The third kappa shape index (κ3) is 4.10. The zero-order valence-corrected chi connectivity index (χ0v) is 24.5. The number of Topliss-reactive ketones (excluding diaryl/α,β-unsaturated/α-hetero) is 1. The Hall–Kier alpha value is -4.74. The summed E-state index contributed by atoms with van der Waals surface area (Å²) in [5.41, 5.74) is 8.04. The second-order valence-corrected chi connectivity index (χ2v) is 11.5. The number of aromatic nitrogens is 3. The number of carbonyl (C=O) groups excluding carboxylic acids is 1. The summed E-state index contributed by atoms with van der Waals surface area (Å²) in [6.07, 6.45) is 4.99. The van der Waals surface area contributed by atoms with E-state index in [-0.39, 0.29) is 5.78 Å². The molecule has 0 bridgehead atoms. The standard InChI is InChI=1S/C38H35N3O2/c1-3-30-31-22-23-32(37(43)35(31)40-24-14-13-21-33(30)40)36(42)34-26(2)41(25-39-34)38(27-15-7-4-8-16-27,28-17-9-5-10-18-28)29-19-11-6-12-20-29/h4-21,24-25,32,36,42H,3,22-23H2,1-2H3. The molecule has 214 valence electrons. The Labute approximate surface area is 252 Å². The van der Waals surface area contributed by atoms with Crippen molar-refractivity contribution in [3.05, 3.63) is 167 Å². The zero-order valence-electron chi connectivity index (χ0n) is 24.5. The normalized spacial score (nSPS) is 15.9. The number of hydrogen-bond donors (Lipinski definition) is 1. The first-order valence-corrected chi connectivity index (χ1v) is 15.1.